The van der Waals surface area contributed by atoms with Crippen molar-refractivity contribution in [1.29, 1.82) is 0 Å². The van der Waals surface area contributed by atoms with Crippen molar-refractivity contribution in [1.82, 2.24) is 14.5 Å². The van der Waals surface area contributed by atoms with E-state index >= 15 is 0 Å². The van der Waals surface area contributed by atoms with E-state index in [0.29, 0.717) is 4.31 Å². The maximum Gasteiger partial charge on any atom is 0.269 e. The van der Waals surface area contributed by atoms with Gasteiger partial charge in [0.15, 0.2) is 0 Å². The van der Waals surface area contributed by atoms with Crippen molar-refractivity contribution in [2.24, 2.45) is 0 Å². The van der Waals surface area contributed by atoms with Crippen LogP contribution in [0.3, 0.4) is 0 Å². The molecular formula is C24H29N3O5S. The first-order chi connectivity index (χ1) is 15.6. The zero-order chi connectivity index (χ0) is 24.3. The molecular weight excluding hydrogens is 442 g/mol. The lowest BCUT2D eigenvalue weighted by molar-refractivity contribution is -0.140. The van der Waals surface area contributed by atoms with Crippen molar-refractivity contribution in [2.45, 2.75) is 57.6 Å². The average molecular weight is 472 g/mol. The second-order valence-corrected chi connectivity index (χ2v) is 10.1. The molecule has 0 bridgehead atoms. The number of rotatable bonds is 8. The third-order valence-electron chi connectivity index (χ3n) is 5.96. The molecule has 0 saturated carbocycles. The molecule has 2 atom stereocenters. The van der Waals surface area contributed by atoms with E-state index in [2.05, 4.69) is 5.32 Å². The quantitative estimate of drug-likeness (QED) is 0.637. The number of hydrogen-bond acceptors (Lipinski definition) is 5. The van der Waals surface area contributed by atoms with Gasteiger partial charge in [-0.15, -0.1) is 0 Å². The van der Waals surface area contributed by atoms with E-state index in [4.69, 9.17) is 0 Å². The highest BCUT2D eigenvalue weighted by Gasteiger charge is 2.43. The zero-order valence-corrected chi connectivity index (χ0v) is 20.1. The highest BCUT2D eigenvalue weighted by molar-refractivity contribution is 7.90. The summed E-state index contributed by atoms with van der Waals surface area (Å²) in [6, 6.07) is 12.4. The van der Waals surface area contributed by atoms with Crippen LogP contribution in [-0.4, -0.2) is 54.0 Å². The van der Waals surface area contributed by atoms with Gasteiger partial charge in [0.1, 0.15) is 17.5 Å². The van der Waals surface area contributed by atoms with Crippen LogP contribution in [0.25, 0.3) is 0 Å². The first-order valence-corrected chi connectivity index (χ1v) is 12.3. The second-order valence-electron chi connectivity index (χ2n) is 8.25. The fourth-order valence-electron chi connectivity index (χ4n) is 3.62. The van der Waals surface area contributed by atoms with Crippen molar-refractivity contribution in [3.63, 3.8) is 0 Å². The molecule has 8 nitrogen and oxygen atoms in total. The second kappa shape index (κ2) is 9.74. The van der Waals surface area contributed by atoms with Gasteiger partial charge >= 0.3 is 0 Å². The number of carbonyl (C=O) groups is 3. The molecule has 0 unspecified atom stereocenters. The topological polar surface area (TPSA) is 104 Å². The Morgan fingerprint density at radius 2 is 1.70 bits per heavy atom. The number of hydrogen-bond donors (Lipinski definition) is 1. The molecule has 1 aliphatic heterocycles. The van der Waals surface area contributed by atoms with Crippen LogP contribution >= 0.6 is 0 Å². The van der Waals surface area contributed by atoms with Crippen molar-refractivity contribution >= 4 is 27.7 Å². The summed E-state index contributed by atoms with van der Waals surface area (Å²) in [5.74, 6) is -1.72. The summed E-state index contributed by atoms with van der Waals surface area (Å²) >= 11 is 0. The molecule has 9 heteroatoms. The van der Waals surface area contributed by atoms with Gasteiger partial charge in [-0.2, -0.15) is 0 Å². The van der Waals surface area contributed by atoms with Gasteiger partial charge < -0.3 is 10.2 Å². The standard InChI is InChI=1S/C24H29N3O5S/c1-5-17(3)25-23(29)18(4)26(14-19-11-7-6-10-16(19)2)22(28)15-27-24(30)20-12-8-9-13-21(20)33(27,31)32/h6-13,17-18H,5,14-15H2,1-4H3,(H,25,29)/t17-,18+/m1/s1. The molecule has 2 aromatic carbocycles. The van der Waals surface area contributed by atoms with Gasteiger partial charge in [0.05, 0.1) is 5.56 Å². The number of nitrogens with one attached hydrogen (secondary N) is 1. The van der Waals surface area contributed by atoms with Gasteiger partial charge in [0, 0.05) is 12.6 Å². The van der Waals surface area contributed by atoms with E-state index in [9.17, 15) is 22.8 Å². The Hall–Kier alpha value is -3.20. The van der Waals surface area contributed by atoms with Crippen LogP contribution in [0.5, 0.6) is 0 Å². The summed E-state index contributed by atoms with van der Waals surface area (Å²) in [4.78, 5) is 40.2. The molecule has 176 valence electrons. The van der Waals surface area contributed by atoms with Crippen LogP contribution < -0.4 is 5.32 Å². The van der Waals surface area contributed by atoms with Gasteiger partial charge in [0.2, 0.25) is 11.8 Å². The van der Waals surface area contributed by atoms with Crippen molar-refractivity contribution in [3.05, 3.63) is 65.2 Å². The van der Waals surface area contributed by atoms with Crippen LogP contribution in [-0.2, 0) is 26.2 Å². The van der Waals surface area contributed by atoms with E-state index in [-0.39, 0.29) is 29.0 Å². The van der Waals surface area contributed by atoms with Crippen molar-refractivity contribution in [3.8, 4) is 0 Å². The van der Waals surface area contributed by atoms with Crippen LogP contribution in [0.15, 0.2) is 53.4 Å². The number of fused-ring (bicyclic) bond motifs is 1. The molecule has 1 aliphatic rings. The third-order valence-corrected chi connectivity index (χ3v) is 7.75. The zero-order valence-electron chi connectivity index (χ0n) is 19.2. The van der Waals surface area contributed by atoms with E-state index in [1.807, 2.05) is 45.0 Å². The van der Waals surface area contributed by atoms with Crippen LogP contribution in [0.1, 0.15) is 48.7 Å². The van der Waals surface area contributed by atoms with Gasteiger partial charge in [-0.25, -0.2) is 12.7 Å². The monoisotopic (exact) mass is 471 g/mol. The molecule has 0 fully saturated rings. The van der Waals surface area contributed by atoms with E-state index < -0.39 is 34.4 Å². The summed E-state index contributed by atoms with van der Waals surface area (Å²) < 4.78 is 26.4. The molecule has 0 spiro atoms. The maximum absolute atomic E-state index is 13.4. The SMILES string of the molecule is CC[C@@H](C)NC(=O)[C@H](C)N(Cc1ccccc1C)C(=O)CN1C(=O)c2ccccc2S1(=O)=O. The number of aryl methyl sites for hydroxylation is 1. The van der Waals surface area contributed by atoms with Crippen LogP contribution in [0, 0.1) is 6.92 Å². The fourth-order valence-corrected chi connectivity index (χ4v) is 5.14. The van der Waals surface area contributed by atoms with Crippen molar-refractivity contribution in [2.75, 3.05) is 6.54 Å². The molecule has 1 N–H and O–H groups in total. The Morgan fingerprint density at radius 1 is 1.06 bits per heavy atom. The number of sulfonamides is 1. The Bertz CT molecular complexity index is 1180. The normalized spacial score (nSPS) is 16.1. The first-order valence-electron chi connectivity index (χ1n) is 10.9. The summed E-state index contributed by atoms with van der Waals surface area (Å²) in [7, 11) is -4.14. The number of benzene rings is 2. The molecule has 3 amide bonds. The lowest BCUT2D eigenvalue weighted by Gasteiger charge is -2.31. The van der Waals surface area contributed by atoms with Gasteiger partial charge in [-0.05, 0) is 50.5 Å². The molecule has 1 heterocycles. The summed E-state index contributed by atoms with van der Waals surface area (Å²) in [5, 5.41) is 2.87. The molecule has 0 radical (unpaired) electrons. The summed E-state index contributed by atoms with van der Waals surface area (Å²) in [6.07, 6.45) is 0.725. The van der Waals surface area contributed by atoms with Crippen LogP contribution in [0.4, 0.5) is 0 Å². The van der Waals surface area contributed by atoms with Crippen molar-refractivity contribution < 1.29 is 22.8 Å². The number of nitrogens with zero attached hydrogens (tertiary/aromatic N) is 2. The highest BCUT2D eigenvalue weighted by atomic mass is 32.2. The van der Waals surface area contributed by atoms with Crippen LogP contribution in [0.2, 0.25) is 0 Å². The Morgan fingerprint density at radius 3 is 2.33 bits per heavy atom. The molecule has 0 aromatic heterocycles. The summed E-state index contributed by atoms with van der Waals surface area (Å²) in [6.45, 7) is 6.73. The van der Waals surface area contributed by atoms with E-state index in [0.717, 1.165) is 17.5 Å². The smallest absolute Gasteiger partial charge is 0.269 e. The number of amides is 3. The average Bonchev–Trinajstić information content (AvgIpc) is 2.98. The Labute approximate surface area is 194 Å². The molecule has 2 aromatic rings. The molecule has 33 heavy (non-hydrogen) atoms. The highest BCUT2D eigenvalue weighted by Crippen LogP contribution is 2.30. The predicted octanol–water partition coefficient (Wildman–Crippen LogP) is 2.47. The van der Waals surface area contributed by atoms with E-state index in [1.165, 1.54) is 23.1 Å². The predicted molar refractivity (Wildman–Crippen MR) is 124 cm³/mol. The lowest BCUT2D eigenvalue weighted by Crippen LogP contribution is -2.52. The maximum atomic E-state index is 13.4. The van der Waals surface area contributed by atoms with E-state index in [1.54, 1.807) is 13.0 Å². The Balaban J connectivity index is 1.90. The minimum atomic E-state index is -4.14. The minimum absolute atomic E-state index is 0.0401. The lowest BCUT2D eigenvalue weighted by atomic mass is 10.1. The van der Waals surface area contributed by atoms with Gasteiger partial charge in [0.25, 0.3) is 15.9 Å². The molecule has 0 aliphatic carbocycles. The first kappa shape index (κ1) is 24.4. The molecule has 3 rings (SSSR count). The minimum Gasteiger partial charge on any atom is -0.352 e. The number of carbonyl (C=O) groups excluding carboxylic acids is 3. The fraction of sp³-hybridized carbons (Fsp3) is 0.375. The van der Waals surface area contributed by atoms with Gasteiger partial charge in [-0.1, -0.05) is 43.3 Å². The summed E-state index contributed by atoms with van der Waals surface area (Å²) in [5.41, 5.74) is 1.80. The largest absolute Gasteiger partial charge is 0.352 e. The third kappa shape index (κ3) is 4.93. The van der Waals surface area contributed by atoms with Gasteiger partial charge in [-0.3, -0.25) is 14.4 Å². The molecule has 0 saturated heterocycles. The Kier molecular flexibility index (Phi) is 7.22.